The van der Waals surface area contributed by atoms with E-state index in [1.54, 1.807) is 0 Å². The fraction of sp³-hybridized carbons (Fsp3) is 0.364. The zero-order chi connectivity index (χ0) is 19.5. The van der Waals surface area contributed by atoms with Crippen molar-refractivity contribution in [3.05, 3.63) is 65.4 Å². The summed E-state index contributed by atoms with van der Waals surface area (Å²) < 4.78 is 0. The number of nitrogens with one attached hydrogen (secondary N) is 2. The first-order valence-electron chi connectivity index (χ1n) is 9.79. The van der Waals surface area contributed by atoms with Gasteiger partial charge in [0, 0.05) is 38.1 Å². The number of benzene rings is 2. The number of rotatable bonds is 4. The van der Waals surface area contributed by atoms with Crippen LogP contribution in [0.3, 0.4) is 0 Å². The van der Waals surface area contributed by atoms with Gasteiger partial charge in [-0.2, -0.15) is 5.10 Å². The number of aromatic nitrogens is 2. The zero-order valence-electron chi connectivity index (χ0n) is 16.9. The molecule has 0 unspecified atom stereocenters. The average molecular weight is 414 g/mol. The van der Waals surface area contributed by atoms with Gasteiger partial charge in [0.2, 0.25) is 0 Å². The predicted molar refractivity (Wildman–Crippen MR) is 119 cm³/mol. The Hall–Kier alpha value is -2.41. The number of para-hydroxylation sites is 1. The molecule has 1 amide bonds. The van der Waals surface area contributed by atoms with E-state index >= 15 is 0 Å². The molecule has 4 rings (SSSR count). The molecular formula is C22H28ClN5O. The molecular weight excluding hydrogens is 386 g/mol. The van der Waals surface area contributed by atoms with Gasteiger partial charge >= 0.3 is 0 Å². The van der Waals surface area contributed by atoms with Crippen molar-refractivity contribution in [1.82, 2.24) is 25.3 Å². The van der Waals surface area contributed by atoms with E-state index in [0.717, 1.165) is 43.6 Å². The van der Waals surface area contributed by atoms with Crippen molar-refractivity contribution in [2.45, 2.75) is 19.5 Å². The standard InChI is InChI=1S/C22H27N5O.ClH/c1-16-6-5-7-17(12-16)13-27-11-10-26(2)14-18(15-27)23-22(28)21-19-8-3-4-9-20(19)24-25-21;/h3-9,12,18H,10-11,13-15H2,1-2H3,(H,23,28)(H,24,25);1H/t18-;/m1./s1. The molecule has 2 aromatic carbocycles. The Balaban J connectivity index is 0.00000240. The highest BCUT2D eigenvalue weighted by atomic mass is 35.5. The summed E-state index contributed by atoms with van der Waals surface area (Å²) >= 11 is 0. The smallest absolute Gasteiger partial charge is 0.272 e. The molecule has 1 aliphatic rings. The molecule has 0 aliphatic carbocycles. The van der Waals surface area contributed by atoms with Gasteiger partial charge in [-0.15, -0.1) is 12.4 Å². The molecule has 1 atom stereocenters. The van der Waals surface area contributed by atoms with Gasteiger partial charge in [0.1, 0.15) is 0 Å². The Morgan fingerprint density at radius 1 is 1.17 bits per heavy atom. The summed E-state index contributed by atoms with van der Waals surface area (Å²) in [7, 11) is 2.11. The molecule has 1 aliphatic heterocycles. The Bertz CT molecular complexity index is 973. The lowest BCUT2D eigenvalue weighted by Crippen LogP contribution is -2.46. The SMILES string of the molecule is Cc1cccc(CN2CCN(C)C[C@@H](NC(=O)c3n[nH]c4ccccc34)C2)c1.Cl. The summed E-state index contributed by atoms with van der Waals surface area (Å²) in [4.78, 5) is 17.6. The van der Waals surface area contributed by atoms with Crippen molar-refractivity contribution in [3.63, 3.8) is 0 Å². The molecule has 154 valence electrons. The number of carbonyl (C=O) groups is 1. The lowest BCUT2D eigenvalue weighted by atomic mass is 10.1. The monoisotopic (exact) mass is 413 g/mol. The van der Waals surface area contributed by atoms with Gasteiger partial charge in [0.05, 0.1) is 11.6 Å². The Labute approximate surface area is 177 Å². The van der Waals surface area contributed by atoms with Crippen LogP contribution in [0.4, 0.5) is 0 Å². The van der Waals surface area contributed by atoms with Gasteiger partial charge in [0.15, 0.2) is 5.69 Å². The van der Waals surface area contributed by atoms with Crippen LogP contribution in [0.25, 0.3) is 10.9 Å². The molecule has 2 N–H and O–H groups in total. The number of hydrogen-bond acceptors (Lipinski definition) is 4. The van der Waals surface area contributed by atoms with Crippen LogP contribution in [0.5, 0.6) is 0 Å². The van der Waals surface area contributed by atoms with Crippen molar-refractivity contribution in [1.29, 1.82) is 0 Å². The lowest BCUT2D eigenvalue weighted by molar-refractivity contribution is 0.0920. The van der Waals surface area contributed by atoms with Gasteiger partial charge in [0.25, 0.3) is 5.91 Å². The van der Waals surface area contributed by atoms with Crippen LogP contribution in [0.15, 0.2) is 48.5 Å². The number of amides is 1. The summed E-state index contributed by atoms with van der Waals surface area (Å²) in [6.07, 6.45) is 0. The number of carbonyl (C=O) groups excluding carboxylic acids is 1. The second-order valence-electron chi connectivity index (χ2n) is 7.77. The third kappa shape index (κ3) is 5.15. The quantitative estimate of drug-likeness (QED) is 0.690. The normalized spacial score (nSPS) is 18.2. The first kappa shape index (κ1) is 21.3. The summed E-state index contributed by atoms with van der Waals surface area (Å²) in [5, 5.41) is 11.2. The van der Waals surface area contributed by atoms with Crippen molar-refractivity contribution in [2.24, 2.45) is 0 Å². The Morgan fingerprint density at radius 2 is 2.00 bits per heavy atom. The zero-order valence-corrected chi connectivity index (χ0v) is 17.7. The molecule has 1 fully saturated rings. The molecule has 1 aromatic heterocycles. The van der Waals surface area contributed by atoms with Crippen LogP contribution in [0.1, 0.15) is 21.6 Å². The molecule has 0 radical (unpaired) electrons. The molecule has 7 heteroatoms. The van der Waals surface area contributed by atoms with Gasteiger partial charge in [-0.3, -0.25) is 14.8 Å². The second kappa shape index (κ2) is 9.39. The molecule has 6 nitrogen and oxygen atoms in total. The molecule has 0 spiro atoms. The summed E-state index contributed by atoms with van der Waals surface area (Å²) in [5.41, 5.74) is 3.94. The van der Waals surface area contributed by atoms with Crippen molar-refractivity contribution < 1.29 is 4.79 Å². The van der Waals surface area contributed by atoms with Crippen LogP contribution in [0.2, 0.25) is 0 Å². The molecule has 0 saturated carbocycles. The van der Waals surface area contributed by atoms with E-state index in [0.29, 0.717) is 5.69 Å². The van der Waals surface area contributed by atoms with Gasteiger partial charge in [-0.05, 0) is 25.6 Å². The molecule has 0 bridgehead atoms. The minimum Gasteiger partial charge on any atom is -0.345 e. The summed E-state index contributed by atoms with van der Waals surface area (Å²) in [6.45, 7) is 6.65. The maximum atomic E-state index is 12.9. The van der Waals surface area contributed by atoms with E-state index in [1.807, 2.05) is 24.3 Å². The van der Waals surface area contributed by atoms with Crippen molar-refractivity contribution >= 4 is 29.2 Å². The number of H-pyrrole nitrogens is 1. The maximum Gasteiger partial charge on any atom is 0.272 e. The largest absolute Gasteiger partial charge is 0.345 e. The van der Waals surface area contributed by atoms with E-state index in [1.165, 1.54) is 11.1 Å². The number of halogens is 1. The number of aromatic amines is 1. The number of aryl methyl sites for hydroxylation is 1. The number of hydrogen-bond donors (Lipinski definition) is 2. The first-order valence-corrected chi connectivity index (χ1v) is 9.79. The number of likely N-dealkylation sites (N-methyl/N-ethyl adjacent to an activating group) is 1. The van der Waals surface area contributed by atoms with Crippen LogP contribution in [-0.2, 0) is 6.54 Å². The van der Waals surface area contributed by atoms with E-state index in [2.05, 4.69) is 63.6 Å². The summed E-state index contributed by atoms with van der Waals surface area (Å²) in [6, 6.07) is 16.4. The fourth-order valence-corrected chi connectivity index (χ4v) is 3.93. The predicted octanol–water partition coefficient (Wildman–Crippen LogP) is 2.84. The molecule has 2 heterocycles. The number of nitrogens with zero attached hydrogens (tertiary/aromatic N) is 3. The molecule has 3 aromatic rings. The minimum absolute atomic E-state index is 0. The third-order valence-corrected chi connectivity index (χ3v) is 5.32. The van der Waals surface area contributed by atoms with Crippen LogP contribution in [0, 0.1) is 6.92 Å². The lowest BCUT2D eigenvalue weighted by Gasteiger charge is -2.24. The van der Waals surface area contributed by atoms with Crippen LogP contribution in [-0.4, -0.2) is 65.2 Å². The van der Waals surface area contributed by atoms with E-state index < -0.39 is 0 Å². The average Bonchev–Trinajstić information content (AvgIpc) is 3.02. The highest BCUT2D eigenvalue weighted by Gasteiger charge is 2.24. The fourth-order valence-electron chi connectivity index (χ4n) is 3.93. The second-order valence-corrected chi connectivity index (χ2v) is 7.77. The van der Waals surface area contributed by atoms with Gasteiger partial charge in [-0.25, -0.2) is 0 Å². The van der Waals surface area contributed by atoms with Gasteiger partial charge < -0.3 is 10.2 Å². The molecule has 29 heavy (non-hydrogen) atoms. The summed E-state index contributed by atoms with van der Waals surface area (Å²) in [5.74, 6) is -0.117. The van der Waals surface area contributed by atoms with E-state index in [4.69, 9.17) is 0 Å². The minimum atomic E-state index is -0.117. The van der Waals surface area contributed by atoms with Crippen molar-refractivity contribution in [3.8, 4) is 0 Å². The Morgan fingerprint density at radius 3 is 2.83 bits per heavy atom. The van der Waals surface area contributed by atoms with E-state index in [9.17, 15) is 4.79 Å². The van der Waals surface area contributed by atoms with E-state index in [-0.39, 0.29) is 24.4 Å². The van der Waals surface area contributed by atoms with Crippen molar-refractivity contribution in [2.75, 3.05) is 33.2 Å². The highest BCUT2D eigenvalue weighted by molar-refractivity contribution is 6.04. The van der Waals surface area contributed by atoms with Gasteiger partial charge in [-0.1, -0.05) is 48.0 Å². The van der Waals surface area contributed by atoms with Crippen LogP contribution >= 0.6 is 12.4 Å². The maximum absolute atomic E-state index is 12.9. The molecule has 1 saturated heterocycles. The van der Waals surface area contributed by atoms with Crippen LogP contribution < -0.4 is 5.32 Å². The topological polar surface area (TPSA) is 64.3 Å². The first-order chi connectivity index (χ1) is 13.6. The number of fused-ring (bicyclic) bond motifs is 1. The third-order valence-electron chi connectivity index (χ3n) is 5.32. The Kier molecular flexibility index (Phi) is 6.90. The highest BCUT2D eigenvalue weighted by Crippen LogP contribution is 2.16.